The Morgan fingerprint density at radius 1 is 0.218 bits per heavy atom. The lowest BCUT2D eigenvalue weighted by Crippen LogP contribution is -2.43. The first-order valence-electron chi connectivity index (χ1n) is 40.0. The van der Waals surface area contributed by atoms with Gasteiger partial charge >= 0.3 is 0 Å². The second-order valence-electron chi connectivity index (χ2n) is 25.9. The van der Waals surface area contributed by atoms with Gasteiger partial charge in [-0.2, -0.15) is 0 Å². The second-order valence-corrected chi connectivity index (χ2v) is 25.9. The van der Waals surface area contributed by atoms with Crippen LogP contribution in [-0.2, 0) is 80.9 Å². The van der Waals surface area contributed by atoms with E-state index in [1.807, 2.05) is 0 Å². The Hall–Kier alpha value is -3.70. The number of likely N-dealkylation sites (N-methyl/N-ethyl adjacent to an activating group) is 2. The lowest BCUT2D eigenvalue weighted by Gasteiger charge is -2.16. The van der Waals surface area contributed by atoms with Gasteiger partial charge in [0.1, 0.15) is 0 Å². The summed E-state index contributed by atoms with van der Waals surface area (Å²) in [4.78, 5) is 73.9. The average Bonchev–Trinajstić information content (AvgIpc) is 1.69. The van der Waals surface area contributed by atoms with Crippen LogP contribution in [0.3, 0.4) is 0 Å². The number of amides is 6. The minimum Gasteiger partial charge on any atom is -0.379 e. The average molecular weight is 1450 g/mol. The number of hydrogen-bond acceptors (Lipinski definition) is 19. The summed E-state index contributed by atoms with van der Waals surface area (Å²) in [5.74, 6) is 0.0739. The first-order chi connectivity index (χ1) is 49.7. The van der Waals surface area contributed by atoms with Crippen LogP contribution in [0.5, 0.6) is 0 Å². The Bertz CT molecular complexity index is 1700. The van der Waals surface area contributed by atoms with E-state index in [0.29, 0.717) is 236 Å². The minimum absolute atomic E-state index is 0.0177. The standard InChI is InChI=1S/C76H150N8O17/c1-5-7-9-11-13-15-17-19-21-23-25-37-71(85)79-41-29-27-35-69(77-3)75(89)83-45-33-49-93-55-61-97-59-53-91-47-31-43-81-73(87)39-51-95-57-63-99-65-67-101-68-66-100-64-58-96-52-40-74(88)82-44-32-48-92-54-60-98-62-56-94-50-34-46-84-76(90)70(78-4)36-28-30-42-80-72(86)38-26-24-22-20-18-16-14-12-10-8-6-2/h69-70,77-78H,5-68H2,1-4H3,(H,79,85)(H,80,86)(H,81,87)(H,82,88)(H,83,89)(H,84,90)/t69-,70?/m0/s1. The highest BCUT2D eigenvalue weighted by atomic mass is 16.6. The van der Waals surface area contributed by atoms with Gasteiger partial charge < -0.3 is 94.6 Å². The maximum absolute atomic E-state index is 12.6. The van der Waals surface area contributed by atoms with E-state index in [1.54, 1.807) is 14.1 Å². The van der Waals surface area contributed by atoms with Crippen molar-refractivity contribution in [2.45, 2.75) is 257 Å². The maximum Gasteiger partial charge on any atom is 0.237 e. The van der Waals surface area contributed by atoms with Gasteiger partial charge in [-0.1, -0.05) is 142 Å². The van der Waals surface area contributed by atoms with E-state index in [-0.39, 0.29) is 60.4 Å². The molecule has 25 nitrogen and oxygen atoms in total. The third kappa shape index (κ3) is 75.8. The summed E-state index contributed by atoms with van der Waals surface area (Å²) in [5.41, 5.74) is 0. The first kappa shape index (κ1) is 97.3. The molecule has 101 heavy (non-hydrogen) atoms. The maximum atomic E-state index is 12.6. The normalized spacial score (nSPS) is 12.0. The zero-order chi connectivity index (χ0) is 73.3. The molecule has 0 radical (unpaired) electrons. The molecule has 0 rings (SSSR count). The Kier molecular flexibility index (Phi) is 79.0. The van der Waals surface area contributed by atoms with Gasteiger partial charge in [0, 0.05) is 91.4 Å². The molecule has 0 aliphatic carbocycles. The van der Waals surface area contributed by atoms with Crippen LogP contribution >= 0.6 is 0 Å². The molecule has 0 heterocycles. The van der Waals surface area contributed by atoms with Crippen LogP contribution in [0.2, 0.25) is 0 Å². The quantitative estimate of drug-likeness (QED) is 0.0263. The number of ether oxygens (including phenoxy) is 11. The molecule has 0 bridgehead atoms. The zero-order valence-electron chi connectivity index (χ0n) is 64.3. The molecule has 0 saturated carbocycles. The summed E-state index contributed by atoms with van der Waals surface area (Å²) < 4.78 is 61.2. The number of carbonyl (C=O) groups is 6. The monoisotopic (exact) mass is 1450 g/mol. The van der Waals surface area contributed by atoms with Crippen LogP contribution in [0.25, 0.3) is 0 Å². The fraction of sp³-hybridized carbons (Fsp3) is 0.921. The fourth-order valence-corrected chi connectivity index (χ4v) is 10.7. The van der Waals surface area contributed by atoms with Crippen molar-refractivity contribution in [3.63, 3.8) is 0 Å². The van der Waals surface area contributed by atoms with Crippen molar-refractivity contribution in [2.24, 2.45) is 0 Å². The highest BCUT2D eigenvalue weighted by molar-refractivity contribution is 5.82. The minimum atomic E-state index is -0.261. The lowest BCUT2D eigenvalue weighted by molar-refractivity contribution is -0.124. The molecule has 1 unspecified atom stereocenters. The molecule has 0 aliphatic rings. The van der Waals surface area contributed by atoms with Crippen molar-refractivity contribution in [1.82, 2.24) is 42.5 Å². The predicted molar refractivity (Wildman–Crippen MR) is 400 cm³/mol. The van der Waals surface area contributed by atoms with E-state index in [1.165, 1.54) is 116 Å². The molecule has 0 spiro atoms. The van der Waals surface area contributed by atoms with Gasteiger partial charge in [-0.3, -0.25) is 28.8 Å². The predicted octanol–water partition coefficient (Wildman–Crippen LogP) is 9.13. The van der Waals surface area contributed by atoms with E-state index < -0.39 is 0 Å². The number of carbonyl (C=O) groups excluding carboxylic acids is 6. The molecule has 0 aromatic heterocycles. The summed E-state index contributed by atoms with van der Waals surface area (Å²) in [7, 11) is 3.60. The summed E-state index contributed by atoms with van der Waals surface area (Å²) in [6.45, 7) is 17.5. The number of rotatable bonds is 84. The van der Waals surface area contributed by atoms with E-state index >= 15 is 0 Å². The fourth-order valence-electron chi connectivity index (χ4n) is 10.7. The van der Waals surface area contributed by atoms with Gasteiger partial charge in [-0.15, -0.1) is 0 Å². The lowest BCUT2D eigenvalue weighted by atomic mass is 10.1. The molecule has 0 aromatic rings. The van der Waals surface area contributed by atoms with E-state index in [9.17, 15) is 28.8 Å². The Morgan fingerprint density at radius 3 is 0.683 bits per heavy atom. The molecule has 0 fully saturated rings. The molecule has 25 heteroatoms. The number of hydrogen-bond donors (Lipinski definition) is 8. The Morgan fingerprint density at radius 2 is 0.426 bits per heavy atom. The molecule has 2 atom stereocenters. The second kappa shape index (κ2) is 82.0. The van der Waals surface area contributed by atoms with Crippen molar-refractivity contribution < 1.29 is 80.9 Å². The zero-order valence-corrected chi connectivity index (χ0v) is 64.3. The van der Waals surface area contributed by atoms with Crippen LogP contribution in [0, 0.1) is 0 Å². The third-order valence-electron chi connectivity index (χ3n) is 16.9. The van der Waals surface area contributed by atoms with Crippen LogP contribution < -0.4 is 42.5 Å². The van der Waals surface area contributed by atoms with Gasteiger partial charge in [-0.25, -0.2) is 0 Å². The van der Waals surface area contributed by atoms with Gasteiger partial charge in [0.05, 0.1) is 131 Å². The molecule has 596 valence electrons. The van der Waals surface area contributed by atoms with E-state index in [4.69, 9.17) is 52.1 Å². The SMILES string of the molecule is CCCCCCCCCCCCCC(=O)NCCCCC(NC)C(=O)NCCCOCCOCCOCCCNC(=O)CCOCCOCCOCCOCCOCCC(=O)NCCCOCCOCCOCCCNC(=O)[C@H](CCCCNC(=O)CCCCCCCCCCCCC)NC. The topological polar surface area (TPSA) is 300 Å². The van der Waals surface area contributed by atoms with Crippen molar-refractivity contribution in [3.05, 3.63) is 0 Å². The highest BCUT2D eigenvalue weighted by Gasteiger charge is 2.17. The van der Waals surface area contributed by atoms with Crippen molar-refractivity contribution in [1.29, 1.82) is 0 Å². The van der Waals surface area contributed by atoms with Crippen molar-refractivity contribution in [2.75, 3.05) is 199 Å². The molecule has 0 aliphatic heterocycles. The smallest absolute Gasteiger partial charge is 0.237 e. The molecular weight excluding hydrogens is 1300 g/mol. The van der Waals surface area contributed by atoms with Crippen LogP contribution in [0.15, 0.2) is 0 Å². The van der Waals surface area contributed by atoms with Crippen molar-refractivity contribution in [3.8, 4) is 0 Å². The number of unbranched alkanes of at least 4 members (excludes halogenated alkanes) is 22. The van der Waals surface area contributed by atoms with Gasteiger partial charge in [-0.05, 0) is 91.1 Å². The van der Waals surface area contributed by atoms with Gasteiger partial charge in [0.25, 0.3) is 0 Å². The van der Waals surface area contributed by atoms with Crippen molar-refractivity contribution >= 4 is 35.4 Å². The molecule has 0 saturated heterocycles. The van der Waals surface area contributed by atoms with E-state index in [2.05, 4.69) is 56.4 Å². The Labute approximate surface area is 612 Å². The summed E-state index contributed by atoms with van der Waals surface area (Å²) in [6, 6.07) is -0.521. The molecule has 6 amide bonds. The highest BCUT2D eigenvalue weighted by Crippen LogP contribution is 2.14. The van der Waals surface area contributed by atoms with Gasteiger partial charge in [0.15, 0.2) is 0 Å². The van der Waals surface area contributed by atoms with E-state index in [0.717, 1.165) is 51.4 Å². The van der Waals surface area contributed by atoms with Crippen LogP contribution in [0.4, 0.5) is 0 Å². The third-order valence-corrected chi connectivity index (χ3v) is 16.9. The molecule has 0 aromatic carbocycles. The Balaban J connectivity index is 3.42. The molecule has 8 N–H and O–H groups in total. The summed E-state index contributed by atoms with van der Waals surface area (Å²) in [6.07, 6.45) is 37.4. The molecular formula is C76H150N8O17. The summed E-state index contributed by atoms with van der Waals surface area (Å²) in [5, 5.41) is 24.0. The van der Waals surface area contributed by atoms with Crippen LogP contribution in [0.1, 0.15) is 245 Å². The summed E-state index contributed by atoms with van der Waals surface area (Å²) >= 11 is 0. The number of nitrogens with one attached hydrogen (secondary N) is 8. The largest absolute Gasteiger partial charge is 0.379 e. The first-order valence-corrected chi connectivity index (χ1v) is 40.0. The van der Waals surface area contributed by atoms with Gasteiger partial charge in [0.2, 0.25) is 35.4 Å². The van der Waals surface area contributed by atoms with Crippen LogP contribution in [-0.4, -0.2) is 246 Å².